The van der Waals surface area contributed by atoms with Crippen LogP contribution in [0.15, 0.2) is 0 Å². The van der Waals surface area contributed by atoms with E-state index in [-0.39, 0.29) is 31.0 Å². The van der Waals surface area contributed by atoms with Crippen LogP contribution in [-0.4, -0.2) is 48.1 Å². The van der Waals surface area contributed by atoms with Crippen molar-refractivity contribution in [1.82, 2.24) is 10.4 Å². The molecule has 1 amide bonds. The highest BCUT2D eigenvalue weighted by atomic mass is 16.7. The monoisotopic (exact) mass is 352 g/mol. The molecule has 0 aromatic rings. The Morgan fingerprint density at radius 3 is 2.68 bits per heavy atom. The summed E-state index contributed by atoms with van der Waals surface area (Å²) in [7, 11) is 1.35. The number of carbonyl (C=O) groups is 4. The molecule has 3 unspecified atom stereocenters. The molecule has 140 valence electrons. The molecule has 0 aliphatic carbocycles. The zero-order valence-electron chi connectivity index (χ0n) is 14.9. The van der Waals surface area contributed by atoms with Crippen LogP contribution >= 0.6 is 0 Å². The summed E-state index contributed by atoms with van der Waals surface area (Å²) in [6.07, 6.45) is 7.06. The minimum Gasteiger partial charge on any atom is -0.338 e. The molecule has 2 fully saturated rings. The van der Waals surface area contributed by atoms with Crippen LogP contribution in [0.4, 0.5) is 0 Å². The van der Waals surface area contributed by atoms with Gasteiger partial charge in [0.05, 0.1) is 0 Å². The number of Topliss-reactive ketones (excluding diaryl/α,β-unsaturated/α-hetero) is 1. The number of hydrogen-bond donors (Lipinski definition) is 1. The van der Waals surface area contributed by atoms with Crippen LogP contribution in [0.5, 0.6) is 0 Å². The Morgan fingerprint density at radius 1 is 1.12 bits per heavy atom. The van der Waals surface area contributed by atoms with Crippen LogP contribution in [0.3, 0.4) is 0 Å². The van der Waals surface area contributed by atoms with Crippen LogP contribution in [-0.2, 0) is 24.0 Å². The second-order valence-electron chi connectivity index (χ2n) is 6.96. The summed E-state index contributed by atoms with van der Waals surface area (Å²) in [4.78, 5) is 51.0. The number of amides is 1. The van der Waals surface area contributed by atoms with Crippen molar-refractivity contribution in [3.8, 4) is 0 Å². The molecule has 0 spiro atoms. The quantitative estimate of drug-likeness (QED) is 0.526. The van der Waals surface area contributed by atoms with Gasteiger partial charge in [-0.25, -0.2) is 4.79 Å². The third kappa shape index (κ3) is 5.92. The van der Waals surface area contributed by atoms with E-state index in [2.05, 4.69) is 5.32 Å². The van der Waals surface area contributed by atoms with Gasteiger partial charge in [0.15, 0.2) is 0 Å². The topological polar surface area (TPSA) is 92.8 Å². The highest BCUT2D eigenvalue weighted by molar-refractivity contribution is 5.82. The van der Waals surface area contributed by atoms with Gasteiger partial charge in [-0.2, -0.15) is 5.06 Å². The minimum absolute atomic E-state index is 0.0167. The molecular weight excluding hydrogens is 324 g/mol. The number of ketones is 1. The van der Waals surface area contributed by atoms with E-state index in [1.807, 2.05) is 0 Å². The Bertz CT molecular complexity index is 508. The summed E-state index contributed by atoms with van der Waals surface area (Å²) in [6, 6.07) is 0.874. The molecule has 7 heteroatoms. The van der Waals surface area contributed by atoms with Gasteiger partial charge in [-0.3, -0.25) is 9.59 Å². The zero-order valence-corrected chi connectivity index (χ0v) is 14.9. The Hall–Kier alpha value is -1.76. The van der Waals surface area contributed by atoms with Gasteiger partial charge in [0.1, 0.15) is 12.1 Å². The standard InChI is InChI=1S/C18H28N2O5/c1-20(17(23)8-4-12-21)25-18(24)9-3-7-16(22)14-6-2-5-13-10-11-15(14)19-13/h12-15,19H,2-11H2,1H3. The van der Waals surface area contributed by atoms with Crippen LogP contribution in [0.2, 0.25) is 0 Å². The molecule has 0 aromatic heterocycles. The third-order valence-corrected chi connectivity index (χ3v) is 5.11. The SMILES string of the molecule is CN(OC(=O)CCCC(=O)C1CCCC2CCC1N2)C(=O)CCC=O. The van der Waals surface area contributed by atoms with Crippen molar-refractivity contribution in [3.05, 3.63) is 0 Å². The van der Waals surface area contributed by atoms with E-state index < -0.39 is 11.9 Å². The summed E-state index contributed by atoms with van der Waals surface area (Å²) in [5.74, 6) is -0.661. The molecule has 0 saturated carbocycles. The largest absolute Gasteiger partial charge is 0.338 e. The Kier molecular flexibility index (Phi) is 7.55. The lowest BCUT2D eigenvalue weighted by Gasteiger charge is -2.21. The third-order valence-electron chi connectivity index (χ3n) is 5.11. The number of fused-ring (bicyclic) bond motifs is 2. The molecule has 2 rings (SSSR count). The second-order valence-corrected chi connectivity index (χ2v) is 6.96. The van der Waals surface area contributed by atoms with Crippen LogP contribution in [0.1, 0.15) is 64.2 Å². The smallest absolute Gasteiger partial charge is 0.332 e. The maximum Gasteiger partial charge on any atom is 0.332 e. The lowest BCUT2D eigenvalue weighted by atomic mass is 9.85. The fraction of sp³-hybridized carbons (Fsp3) is 0.778. The molecular formula is C18H28N2O5. The highest BCUT2D eigenvalue weighted by Gasteiger charge is 2.36. The maximum atomic E-state index is 12.5. The molecule has 2 heterocycles. The van der Waals surface area contributed by atoms with Crippen molar-refractivity contribution in [3.63, 3.8) is 0 Å². The maximum absolute atomic E-state index is 12.5. The van der Waals surface area contributed by atoms with E-state index in [9.17, 15) is 19.2 Å². The van der Waals surface area contributed by atoms with Gasteiger partial charge in [-0.1, -0.05) is 6.42 Å². The van der Waals surface area contributed by atoms with Crippen LogP contribution in [0.25, 0.3) is 0 Å². The number of rotatable bonds is 8. The average molecular weight is 352 g/mol. The number of hydroxylamine groups is 2. The number of hydrogen-bond acceptors (Lipinski definition) is 6. The van der Waals surface area contributed by atoms with Gasteiger partial charge in [0, 0.05) is 50.7 Å². The summed E-state index contributed by atoms with van der Waals surface area (Å²) in [6.45, 7) is 0. The predicted molar refractivity (Wildman–Crippen MR) is 90.3 cm³/mol. The fourth-order valence-corrected chi connectivity index (χ4v) is 3.75. The first kappa shape index (κ1) is 19.6. The van der Waals surface area contributed by atoms with Crippen LogP contribution < -0.4 is 5.32 Å². The number of aldehydes is 1. The lowest BCUT2D eigenvalue weighted by molar-refractivity contribution is -0.192. The van der Waals surface area contributed by atoms with E-state index in [0.717, 1.165) is 37.2 Å². The van der Waals surface area contributed by atoms with Crippen molar-refractivity contribution in [2.24, 2.45) is 5.92 Å². The van der Waals surface area contributed by atoms with Gasteiger partial charge >= 0.3 is 5.97 Å². The van der Waals surface area contributed by atoms with E-state index in [4.69, 9.17) is 4.84 Å². The highest BCUT2D eigenvalue weighted by Crippen LogP contribution is 2.31. The first-order chi connectivity index (χ1) is 12.0. The lowest BCUT2D eigenvalue weighted by Crippen LogP contribution is -2.36. The summed E-state index contributed by atoms with van der Waals surface area (Å²) >= 11 is 0. The van der Waals surface area contributed by atoms with E-state index >= 15 is 0 Å². The van der Waals surface area contributed by atoms with Crippen LogP contribution in [0, 0.1) is 5.92 Å². The Morgan fingerprint density at radius 2 is 1.92 bits per heavy atom. The summed E-state index contributed by atoms with van der Waals surface area (Å²) in [5, 5.41) is 4.42. The summed E-state index contributed by atoms with van der Waals surface area (Å²) < 4.78 is 0. The molecule has 25 heavy (non-hydrogen) atoms. The van der Waals surface area contributed by atoms with E-state index in [1.54, 1.807) is 0 Å². The van der Waals surface area contributed by atoms with Gasteiger partial charge in [-0.15, -0.1) is 0 Å². The Balaban J connectivity index is 1.67. The Labute approximate surface area is 148 Å². The second kappa shape index (κ2) is 9.65. The van der Waals surface area contributed by atoms with Crippen molar-refractivity contribution in [2.75, 3.05) is 7.05 Å². The van der Waals surface area contributed by atoms with Crippen molar-refractivity contribution in [1.29, 1.82) is 0 Å². The molecule has 0 radical (unpaired) electrons. The van der Waals surface area contributed by atoms with E-state index in [0.29, 0.717) is 31.2 Å². The first-order valence-corrected chi connectivity index (χ1v) is 9.21. The van der Waals surface area contributed by atoms with Gasteiger partial charge in [0.25, 0.3) is 5.91 Å². The first-order valence-electron chi connectivity index (χ1n) is 9.21. The molecule has 7 nitrogen and oxygen atoms in total. The van der Waals surface area contributed by atoms with Crippen molar-refractivity contribution >= 4 is 23.9 Å². The van der Waals surface area contributed by atoms with E-state index in [1.165, 1.54) is 7.05 Å². The molecule has 2 aliphatic heterocycles. The molecule has 3 atom stereocenters. The molecule has 2 bridgehead atoms. The molecule has 1 N–H and O–H groups in total. The molecule has 0 aromatic carbocycles. The van der Waals surface area contributed by atoms with Gasteiger partial charge in [0.2, 0.25) is 0 Å². The normalized spacial score (nSPS) is 25.1. The number of nitrogens with zero attached hydrogens (tertiary/aromatic N) is 1. The fourth-order valence-electron chi connectivity index (χ4n) is 3.75. The predicted octanol–water partition coefficient (Wildman–Crippen LogP) is 1.54. The molecule has 2 saturated heterocycles. The van der Waals surface area contributed by atoms with Crippen molar-refractivity contribution in [2.45, 2.75) is 76.3 Å². The average Bonchev–Trinajstić information content (AvgIpc) is 2.92. The number of nitrogens with one attached hydrogen (secondary N) is 1. The van der Waals surface area contributed by atoms with Crippen molar-refractivity contribution < 1.29 is 24.0 Å². The minimum atomic E-state index is -0.533. The summed E-state index contributed by atoms with van der Waals surface area (Å²) in [5.41, 5.74) is 0. The zero-order chi connectivity index (χ0) is 18.2. The molecule has 2 aliphatic rings. The van der Waals surface area contributed by atoms with Gasteiger partial charge < -0.3 is 14.9 Å². The van der Waals surface area contributed by atoms with Gasteiger partial charge in [-0.05, 0) is 32.1 Å². The number of carbonyl (C=O) groups excluding carboxylic acids is 4.